The molecule has 0 saturated heterocycles. The van der Waals surface area contributed by atoms with Crippen molar-refractivity contribution < 1.29 is 5.11 Å². The molecule has 1 heterocycles. The number of aryl methyl sites for hydroxylation is 2. The second-order valence-electron chi connectivity index (χ2n) is 4.08. The number of anilines is 1. The first-order chi connectivity index (χ1) is 6.79. The largest absolute Gasteiger partial charge is 0.394 e. The van der Waals surface area contributed by atoms with Gasteiger partial charge in [-0.25, -0.2) is 0 Å². The van der Waals surface area contributed by atoms with E-state index in [1.807, 2.05) is 0 Å². The molecule has 0 bridgehead atoms. The first kappa shape index (κ1) is 9.53. The Balaban J connectivity index is 2.27. The minimum absolute atomic E-state index is 0.229. The van der Waals surface area contributed by atoms with Crippen molar-refractivity contribution in [2.24, 2.45) is 0 Å². The van der Waals surface area contributed by atoms with Crippen molar-refractivity contribution in [1.29, 1.82) is 0 Å². The van der Waals surface area contributed by atoms with E-state index >= 15 is 0 Å². The third kappa shape index (κ3) is 1.90. The Labute approximate surface area is 85.0 Å². The lowest BCUT2D eigenvalue weighted by molar-refractivity contribution is 0.268. The molecule has 0 fully saturated rings. The van der Waals surface area contributed by atoms with E-state index in [0.717, 1.165) is 19.3 Å². The maximum absolute atomic E-state index is 9.13. The number of aliphatic hydroxyl groups is 1. The van der Waals surface area contributed by atoms with Crippen LogP contribution in [0.5, 0.6) is 0 Å². The fourth-order valence-electron chi connectivity index (χ4n) is 2.04. The molecule has 14 heavy (non-hydrogen) atoms. The molecule has 1 aliphatic heterocycles. The Morgan fingerprint density at radius 3 is 3.14 bits per heavy atom. The molecule has 1 unspecified atom stereocenters. The minimum Gasteiger partial charge on any atom is -0.394 e. The van der Waals surface area contributed by atoms with Crippen molar-refractivity contribution in [3.05, 3.63) is 29.3 Å². The van der Waals surface area contributed by atoms with Gasteiger partial charge in [0, 0.05) is 11.7 Å². The van der Waals surface area contributed by atoms with Crippen LogP contribution in [-0.4, -0.2) is 17.8 Å². The Bertz CT molecular complexity index is 322. The number of nitrogens with one attached hydrogen (secondary N) is 1. The van der Waals surface area contributed by atoms with E-state index in [-0.39, 0.29) is 12.6 Å². The summed E-state index contributed by atoms with van der Waals surface area (Å²) in [7, 11) is 0. The van der Waals surface area contributed by atoms with Gasteiger partial charge in [-0.1, -0.05) is 17.7 Å². The predicted octanol–water partition coefficient (Wildman–Crippen LogP) is 2.10. The lowest BCUT2D eigenvalue weighted by atomic mass is 10.1. The highest BCUT2D eigenvalue weighted by atomic mass is 16.3. The first-order valence-electron chi connectivity index (χ1n) is 5.26. The van der Waals surface area contributed by atoms with Gasteiger partial charge in [0.05, 0.1) is 6.61 Å². The van der Waals surface area contributed by atoms with Crippen LogP contribution in [0.2, 0.25) is 0 Å². The maximum Gasteiger partial charge on any atom is 0.0632 e. The topological polar surface area (TPSA) is 32.3 Å². The van der Waals surface area contributed by atoms with Crippen LogP contribution in [0.3, 0.4) is 0 Å². The minimum atomic E-state index is 0.229. The molecule has 0 aliphatic carbocycles. The van der Waals surface area contributed by atoms with Crippen molar-refractivity contribution in [3.63, 3.8) is 0 Å². The lowest BCUT2D eigenvalue weighted by Gasteiger charge is -2.15. The van der Waals surface area contributed by atoms with Gasteiger partial charge in [-0.3, -0.25) is 0 Å². The van der Waals surface area contributed by atoms with Gasteiger partial charge in [-0.05, 0) is 37.8 Å². The average molecular weight is 191 g/mol. The van der Waals surface area contributed by atoms with E-state index in [1.54, 1.807) is 0 Å². The van der Waals surface area contributed by atoms with Crippen LogP contribution in [0.1, 0.15) is 24.0 Å². The highest BCUT2D eigenvalue weighted by Gasteiger charge is 2.14. The highest BCUT2D eigenvalue weighted by Crippen LogP contribution is 2.24. The molecule has 1 atom stereocenters. The number of hydrogen-bond donors (Lipinski definition) is 2. The van der Waals surface area contributed by atoms with E-state index in [0.29, 0.717) is 0 Å². The lowest BCUT2D eigenvalue weighted by Crippen LogP contribution is -2.22. The van der Waals surface area contributed by atoms with E-state index in [9.17, 15) is 0 Å². The quantitative estimate of drug-likeness (QED) is 0.712. The van der Waals surface area contributed by atoms with E-state index in [4.69, 9.17) is 5.11 Å². The third-order valence-corrected chi connectivity index (χ3v) is 2.84. The summed E-state index contributed by atoms with van der Waals surface area (Å²) < 4.78 is 0. The molecule has 2 heteroatoms. The highest BCUT2D eigenvalue weighted by molar-refractivity contribution is 5.54. The molecule has 2 nitrogen and oxygen atoms in total. The summed E-state index contributed by atoms with van der Waals surface area (Å²) in [6, 6.07) is 6.71. The van der Waals surface area contributed by atoms with Crippen LogP contribution >= 0.6 is 0 Å². The van der Waals surface area contributed by atoms with Gasteiger partial charge >= 0.3 is 0 Å². The summed E-state index contributed by atoms with van der Waals surface area (Å²) in [5.41, 5.74) is 3.90. The van der Waals surface area contributed by atoms with Crippen LogP contribution in [0.25, 0.3) is 0 Å². The summed E-state index contributed by atoms with van der Waals surface area (Å²) in [4.78, 5) is 0. The molecule has 2 rings (SSSR count). The van der Waals surface area contributed by atoms with Crippen molar-refractivity contribution in [2.75, 3.05) is 11.9 Å². The van der Waals surface area contributed by atoms with Crippen LogP contribution in [0, 0.1) is 6.92 Å². The van der Waals surface area contributed by atoms with Crippen LogP contribution in [0.15, 0.2) is 18.2 Å². The molecule has 1 aromatic carbocycles. The van der Waals surface area contributed by atoms with E-state index in [2.05, 4.69) is 30.4 Å². The smallest absolute Gasteiger partial charge is 0.0632 e. The van der Waals surface area contributed by atoms with E-state index in [1.165, 1.54) is 16.8 Å². The van der Waals surface area contributed by atoms with Gasteiger partial charge in [0.1, 0.15) is 0 Å². The maximum atomic E-state index is 9.13. The summed E-state index contributed by atoms with van der Waals surface area (Å²) in [6.07, 6.45) is 3.35. The van der Waals surface area contributed by atoms with Gasteiger partial charge in [0.25, 0.3) is 0 Å². The number of aliphatic hydroxyl groups excluding tert-OH is 1. The fourth-order valence-corrected chi connectivity index (χ4v) is 2.04. The monoisotopic (exact) mass is 191 g/mol. The van der Waals surface area contributed by atoms with Gasteiger partial charge in [-0.15, -0.1) is 0 Å². The van der Waals surface area contributed by atoms with Gasteiger partial charge in [0.2, 0.25) is 0 Å². The second kappa shape index (κ2) is 4.01. The normalized spacial score (nSPS) is 20.9. The molecule has 1 aromatic rings. The summed E-state index contributed by atoms with van der Waals surface area (Å²) in [5.74, 6) is 0. The molecule has 2 N–H and O–H groups in total. The molecule has 0 spiro atoms. The summed E-state index contributed by atoms with van der Waals surface area (Å²) in [6.45, 7) is 2.35. The van der Waals surface area contributed by atoms with Crippen LogP contribution in [0.4, 0.5) is 5.69 Å². The van der Waals surface area contributed by atoms with Crippen molar-refractivity contribution in [2.45, 2.75) is 32.2 Å². The molecule has 0 radical (unpaired) electrons. The molecule has 0 saturated carbocycles. The SMILES string of the molecule is Cc1ccc2c(c1)CCCC(CO)N2. The van der Waals surface area contributed by atoms with Gasteiger partial charge in [-0.2, -0.15) is 0 Å². The van der Waals surface area contributed by atoms with Crippen molar-refractivity contribution >= 4 is 5.69 Å². The first-order valence-corrected chi connectivity index (χ1v) is 5.26. The Morgan fingerprint density at radius 1 is 1.50 bits per heavy atom. The predicted molar refractivity (Wildman–Crippen MR) is 58.6 cm³/mol. The molecule has 0 aromatic heterocycles. The molecule has 0 amide bonds. The van der Waals surface area contributed by atoms with Gasteiger partial charge < -0.3 is 10.4 Å². The second-order valence-corrected chi connectivity index (χ2v) is 4.08. The Hall–Kier alpha value is -1.02. The summed E-state index contributed by atoms with van der Waals surface area (Å²) in [5, 5.41) is 12.5. The third-order valence-electron chi connectivity index (χ3n) is 2.84. The number of hydrogen-bond acceptors (Lipinski definition) is 2. The standard InChI is InChI=1S/C12H17NO/c1-9-5-6-12-10(7-9)3-2-4-11(8-14)13-12/h5-7,11,13-14H,2-4,8H2,1H3. The Kier molecular flexibility index (Phi) is 2.73. The number of fused-ring (bicyclic) bond motifs is 1. The molecule has 1 aliphatic rings. The van der Waals surface area contributed by atoms with Gasteiger partial charge in [0.15, 0.2) is 0 Å². The fraction of sp³-hybridized carbons (Fsp3) is 0.500. The van der Waals surface area contributed by atoms with E-state index < -0.39 is 0 Å². The van der Waals surface area contributed by atoms with Crippen molar-refractivity contribution in [3.8, 4) is 0 Å². The zero-order valence-corrected chi connectivity index (χ0v) is 8.59. The zero-order chi connectivity index (χ0) is 9.97. The average Bonchev–Trinajstić information content (AvgIpc) is 2.38. The molecule has 76 valence electrons. The molecular formula is C12H17NO. The zero-order valence-electron chi connectivity index (χ0n) is 8.59. The number of rotatable bonds is 1. The van der Waals surface area contributed by atoms with Crippen LogP contribution < -0.4 is 5.32 Å². The van der Waals surface area contributed by atoms with Crippen LogP contribution in [-0.2, 0) is 6.42 Å². The summed E-state index contributed by atoms with van der Waals surface area (Å²) >= 11 is 0. The van der Waals surface area contributed by atoms with Crippen molar-refractivity contribution in [1.82, 2.24) is 0 Å². The Morgan fingerprint density at radius 2 is 2.36 bits per heavy atom. The molecular weight excluding hydrogens is 174 g/mol. The number of benzene rings is 1.